The lowest BCUT2D eigenvalue weighted by Gasteiger charge is -2.30. The number of rotatable bonds is 3. The van der Waals surface area contributed by atoms with Crippen LogP contribution in [0.4, 0.5) is 16.2 Å². The van der Waals surface area contributed by atoms with Gasteiger partial charge in [-0.1, -0.05) is 25.3 Å². The number of pyridine rings is 1. The van der Waals surface area contributed by atoms with Crippen LogP contribution in [0.1, 0.15) is 53.7 Å². The Balaban J connectivity index is 1.47. The zero-order chi connectivity index (χ0) is 21.1. The van der Waals surface area contributed by atoms with Gasteiger partial charge in [-0.25, -0.2) is 9.78 Å². The van der Waals surface area contributed by atoms with Gasteiger partial charge in [0.15, 0.2) is 0 Å². The van der Waals surface area contributed by atoms with Crippen molar-refractivity contribution in [1.29, 1.82) is 0 Å². The van der Waals surface area contributed by atoms with Crippen molar-refractivity contribution in [3.63, 3.8) is 0 Å². The number of thioether (sulfide) groups is 1. The minimum absolute atomic E-state index is 0.0757. The molecule has 0 spiro atoms. The molecule has 0 saturated heterocycles. The highest BCUT2D eigenvalue weighted by molar-refractivity contribution is 7.99. The molecule has 7 heteroatoms. The predicted molar refractivity (Wildman–Crippen MR) is 122 cm³/mol. The van der Waals surface area contributed by atoms with Crippen LogP contribution in [0.2, 0.25) is 0 Å². The van der Waals surface area contributed by atoms with Crippen LogP contribution in [0.25, 0.3) is 0 Å². The van der Waals surface area contributed by atoms with Gasteiger partial charge >= 0.3 is 6.03 Å². The molecule has 2 N–H and O–H groups in total. The van der Waals surface area contributed by atoms with E-state index in [9.17, 15) is 9.59 Å². The maximum atomic E-state index is 13.0. The molecule has 1 aliphatic carbocycles. The minimum Gasteiger partial charge on any atom is -0.349 e. The number of aryl methyl sites for hydroxylation is 2. The van der Waals surface area contributed by atoms with Gasteiger partial charge in [-0.05, 0) is 56.5 Å². The topological polar surface area (TPSA) is 74.3 Å². The molecular formula is C23H28N4O2S. The maximum absolute atomic E-state index is 13.0. The highest BCUT2D eigenvalue weighted by Crippen LogP contribution is 2.36. The maximum Gasteiger partial charge on any atom is 0.326 e. The molecule has 0 atom stereocenters. The van der Waals surface area contributed by atoms with Crippen molar-refractivity contribution in [3.05, 3.63) is 47.2 Å². The molecule has 0 radical (unpaired) electrons. The Morgan fingerprint density at radius 3 is 2.73 bits per heavy atom. The number of benzene rings is 1. The summed E-state index contributed by atoms with van der Waals surface area (Å²) in [5, 5.41) is 6.99. The molecule has 1 aromatic heterocycles. The molecule has 1 aromatic carbocycles. The van der Waals surface area contributed by atoms with Gasteiger partial charge in [0.2, 0.25) is 0 Å². The minimum atomic E-state index is -0.199. The van der Waals surface area contributed by atoms with Crippen LogP contribution in [0.15, 0.2) is 35.4 Å². The number of anilines is 2. The number of carbonyl (C=O) groups excluding carboxylic acids is 2. The molecule has 4 rings (SSSR count). The van der Waals surface area contributed by atoms with Gasteiger partial charge in [-0.2, -0.15) is 0 Å². The van der Waals surface area contributed by atoms with Gasteiger partial charge in [0.05, 0.1) is 5.69 Å². The van der Waals surface area contributed by atoms with Crippen LogP contribution in [0.5, 0.6) is 0 Å². The zero-order valence-electron chi connectivity index (χ0n) is 17.5. The summed E-state index contributed by atoms with van der Waals surface area (Å²) < 4.78 is 0. The van der Waals surface area contributed by atoms with Gasteiger partial charge in [-0.3, -0.25) is 9.69 Å². The second-order valence-electron chi connectivity index (χ2n) is 8.05. The van der Waals surface area contributed by atoms with Gasteiger partial charge in [0.1, 0.15) is 5.03 Å². The van der Waals surface area contributed by atoms with Gasteiger partial charge < -0.3 is 10.6 Å². The van der Waals surface area contributed by atoms with E-state index in [1.54, 1.807) is 28.8 Å². The molecule has 1 aliphatic heterocycles. The van der Waals surface area contributed by atoms with E-state index in [1.807, 2.05) is 32.0 Å². The van der Waals surface area contributed by atoms with E-state index < -0.39 is 0 Å². The second kappa shape index (κ2) is 9.08. The number of aromatic nitrogens is 1. The van der Waals surface area contributed by atoms with E-state index in [-0.39, 0.29) is 18.0 Å². The molecule has 2 aromatic rings. The molecule has 1 saturated carbocycles. The van der Waals surface area contributed by atoms with Crippen molar-refractivity contribution in [2.45, 2.75) is 57.0 Å². The Bertz CT molecular complexity index is 956. The second-order valence-corrected chi connectivity index (χ2v) is 9.14. The smallest absolute Gasteiger partial charge is 0.326 e. The van der Waals surface area contributed by atoms with Crippen molar-refractivity contribution < 1.29 is 9.59 Å². The highest BCUT2D eigenvalue weighted by atomic mass is 32.2. The van der Waals surface area contributed by atoms with Crippen LogP contribution in [-0.2, 0) is 0 Å². The molecular weight excluding hydrogens is 396 g/mol. The Hall–Kier alpha value is -2.54. The van der Waals surface area contributed by atoms with Gasteiger partial charge in [0.25, 0.3) is 5.91 Å². The van der Waals surface area contributed by atoms with Gasteiger partial charge in [0, 0.05) is 35.3 Å². The first kappa shape index (κ1) is 20.7. The summed E-state index contributed by atoms with van der Waals surface area (Å²) in [5.41, 5.74) is 4.06. The van der Waals surface area contributed by atoms with E-state index in [0.717, 1.165) is 40.6 Å². The Morgan fingerprint density at radius 1 is 1.13 bits per heavy atom. The summed E-state index contributed by atoms with van der Waals surface area (Å²) >= 11 is 1.68. The van der Waals surface area contributed by atoms with E-state index in [4.69, 9.17) is 0 Å². The first-order valence-electron chi connectivity index (χ1n) is 10.6. The summed E-state index contributed by atoms with van der Waals surface area (Å²) in [6, 6.07) is 9.21. The Kier molecular flexibility index (Phi) is 6.27. The summed E-state index contributed by atoms with van der Waals surface area (Å²) in [7, 11) is 0. The molecule has 1 fully saturated rings. The lowest BCUT2D eigenvalue weighted by molar-refractivity contribution is 0.0927. The standard InChI is InChI=1S/C23H28N4O2S/c1-15-13-16(2)24-22-20(15)27(11-12-30-22)23(29)26-19-10-6-7-17(14-19)21(28)25-18-8-4-3-5-9-18/h6-7,10,13-14,18H,3-5,8-9,11-12H2,1-2H3,(H,25,28)(H,26,29). The third-order valence-electron chi connectivity index (χ3n) is 5.66. The number of nitrogens with one attached hydrogen (secondary N) is 2. The molecule has 158 valence electrons. The van der Waals surface area contributed by atoms with E-state index in [2.05, 4.69) is 15.6 Å². The zero-order valence-corrected chi connectivity index (χ0v) is 18.3. The van der Waals surface area contributed by atoms with Crippen molar-refractivity contribution in [3.8, 4) is 0 Å². The molecule has 2 aliphatic rings. The van der Waals surface area contributed by atoms with Crippen LogP contribution >= 0.6 is 11.8 Å². The predicted octanol–water partition coefficient (Wildman–Crippen LogP) is 4.91. The van der Waals surface area contributed by atoms with Crippen molar-refractivity contribution in [2.24, 2.45) is 0 Å². The summed E-state index contributed by atoms with van der Waals surface area (Å²) in [4.78, 5) is 32.0. The fraction of sp³-hybridized carbons (Fsp3) is 0.435. The largest absolute Gasteiger partial charge is 0.349 e. The van der Waals surface area contributed by atoms with Gasteiger partial charge in [-0.15, -0.1) is 11.8 Å². The molecule has 0 bridgehead atoms. The summed E-state index contributed by atoms with van der Waals surface area (Å²) in [6.45, 7) is 4.60. The number of hydrogen-bond donors (Lipinski definition) is 2. The molecule has 30 heavy (non-hydrogen) atoms. The molecule has 0 unspecified atom stereocenters. The van der Waals surface area contributed by atoms with E-state index in [0.29, 0.717) is 17.8 Å². The number of carbonyl (C=O) groups is 2. The molecule has 2 heterocycles. The average Bonchev–Trinajstić information content (AvgIpc) is 2.74. The quantitative estimate of drug-likeness (QED) is 0.735. The lowest BCUT2D eigenvalue weighted by Crippen LogP contribution is -2.39. The number of fused-ring (bicyclic) bond motifs is 1. The highest BCUT2D eigenvalue weighted by Gasteiger charge is 2.26. The first-order valence-corrected chi connectivity index (χ1v) is 11.6. The fourth-order valence-corrected chi connectivity index (χ4v) is 5.30. The molecule has 6 nitrogen and oxygen atoms in total. The lowest BCUT2D eigenvalue weighted by atomic mass is 9.95. The third-order valence-corrected chi connectivity index (χ3v) is 6.61. The first-order chi connectivity index (χ1) is 14.5. The fourth-order valence-electron chi connectivity index (χ4n) is 4.22. The molecule has 3 amide bonds. The summed E-state index contributed by atoms with van der Waals surface area (Å²) in [6.07, 6.45) is 5.68. The number of urea groups is 1. The van der Waals surface area contributed by atoms with E-state index in [1.165, 1.54) is 19.3 Å². The third kappa shape index (κ3) is 4.61. The monoisotopic (exact) mass is 424 g/mol. The SMILES string of the molecule is Cc1cc(C)c2c(n1)SCCN2C(=O)Nc1cccc(C(=O)NC2CCCCC2)c1. The number of nitrogens with zero attached hydrogens (tertiary/aromatic N) is 2. The Labute approximate surface area is 181 Å². The summed E-state index contributed by atoms with van der Waals surface area (Å²) in [5.74, 6) is 0.730. The van der Waals surface area contributed by atoms with Crippen LogP contribution in [0, 0.1) is 13.8 Å². The Morgan fingerprint density at radius 2 is 1.93 bits per heavy atom. The van der Waals surface area contributed by atoms with Crippen molar-refractivity contribution in [2.75, 3.05) is 22.5 Å². The van der Waals surface area contributed by atoms with Crippen LogP contribution in [-0.4, -0.2) is 35.3 Å². The van der Waals surface area contributed by atoms with E-state index >= 15 is 0 Å². The van der Waals surface area contributed by atoms with Crippen LogP contribution < -0.4 is 15.5 Å². The normalized spacial score (nSPS) is 16.7. The van der Waals surface area contributed by atoms with Crippen molar-refractivity contribution >= 4 is 35.1 Å². The number of hydrogen-bond acceptors (Lipinski definition) is 4. The van der Waals surface area contributed by atoms with Crippen molar-refractivity contribution in [1.82, 2.24) is 10.3 Å². The van der Waals surface area contributed by atoms with Crippen LogP contribution in [0.3, 0.4) is 0 Å². The number of amides is 3. The average molecular weight is 425 g/mol.